The molecule has 6 rings (SSSR count). The molecule has 4 aliphatic rings. The molecule has 3 nitrogen and oxygen atoms in total. The molecule has 4 bridgehead atoms. The summed E-state index contributed by atoms with van der Waals surface area (Å²) >= 11 is 3.37. The zero-order valence-corrected chi connectivity index (χ0v) is 16.5. The number of ketones is 1. The van der Waals surface area contributed by atoms with Crippen LogP contribution in [-0.2, 0) is 4.79 Å². The summed E-state index contributed by atoms with van der Waals surface area (Å²) in [5.41, 5.74) is 1.28. The van der Waals surface area contributed by atoms with Crippen LogP contribution >= 0.6 is 23.1 Å². The molecule has 5 heteroatoms. The Labute approximate surface area is 157 Å². The Morgan fingerprint density at radius 1 is 1.16 bits per heavy atom. The SMILES string of the molecule is Cc1sc2ncnc(SCC(=O)C34CC5CC(CC(C5)C3)C4)c2c1C. The molecule has 0 unspecified atom stereocenters. The molecule has 2 heterocycles. The van der Waals surface area contributed by atoms with Crippen LogP contribution in [0.15, 0.2) is 11.4 Å². The minimum absolute atomic E-state index is 0.00744. The predicted octanol–water partition coefficient (Wildman–Crippen LogP) is 5.19. The van der Waals surface area contributed by atoms with Crippen molar-refractivity contribution in [3.8, 4) is 0 Å². The second-order valence-electron chi connectivity index (χ2n) is 8.55. The van der Waals surface area contributed by atoms with Crippen molar-refractivity contribution in [2.24, 2.45) is 23.2 Å². The Bertz CT molecular complexity index is 821. The lowest BCUT2D eigenvalue weighted by Crippen LogP contribution is -2.50. The molecule has 0 N–H and O–H groups in total. The summed E-state index contributed by atoms with van der Waals surface area (Å²) in [6.45, 7) is 4.28. The summed E-state index contributed by atoms with van der Waals surface area (Å²) in [4.78, 5) is 24.5. The van der Waals surface area contributed by atoms with Gasteiger partial charge in [0.2, 0.25) is 0 Å². The Kier molecular flexibility index (Phi) is 3.76. The van der Waals surface area contributed by atoms with Gasteiger partial charge in [0.1, 0.15) is 22.0 Å². The van der Waals surface area contributed by atoms with Crippen molar-refractivity contribution < 1.29 is 4.79 Å². The summed E-state index contributed by atoms with van der Waals surface area (Å²) < 4.78 is 0. The van der Waals surface area contributed by atoms with Gasteiger partial charge in [0.25, 0.3) is 0 Å². The van der Waals surface area contributed by atoms with Crippen molar-refractivity contribution in [2.45, 2.75) is 57.4 Å². The molecule has 0 amide bonds. The highest BCUT2D eigenvalue weighted by Crippen LogP contribution is 2.60. The minimum Gasteiger partial charge on any atom is -0.298 e. The molecule has 4 fully saturated rings. The maximum Gasteiger partial charge on any atom is 0.149 e. The van der Waals surface area contributed by atoms with Gasteiger partial charge in [0.05, 0.1) is 5.75 Å². The van der Waals surface area contributed by atoms with Gasteiger partial charge in [0, 0.05) is 15.7 Å². The van der Waals surface area contributed by atoms with Gasteiger partial charge in [-0.15, -0.1) is 11.3 Å². The average molecular weight is 373 g/mol. The van der Waals surface area contributed by atoms with E-state index in [1.54, 1.807) is 29.4 Å². The Morgan fingerprint density at radius 3 is 2.44 bits per heavy atom. The van der Waals surface area contributed by atoms with E-state index < -0.39 is 0 Å². The van der Waals surface area contributed by atoms with Crippen LogP contribution in [0.5, 0.6) is 0 Å². The van der Waals surface area contributed by atoms with Gasteiger partial charge >= 0.3 is 0 Å². The molecule has 4 saturated carbocycles. The van der Waals surface area contributed by atoms with Crippen LogP contribution in [0.1, 0.15) is 49.0 Å². The molecule has 0 atom stereocenters. The van der Waals surface area contributed by atoms with E-state index in [2.05, 4.69) is 23.8 Å². The molecule has 25 heavy (non-hydrogen) atoms. The van der Waals surface area contributed by atoms with Crippen molar-refractivity contribution in [1.29, 1.82) is 0 Å². The zero-order valence-electron chi connectivity index (χ0n) is 14.9. The molecule has 0 radical (unpaired) electrons. The van der Waals surface area contributed by atoms with Crippen LogP contribution in [0.2, 0.25) is 0 Å². The smallest absolute Gasteiger partial charge is 0.149 e. The van der Waals surface area contributed by atoms with Gasteiger partial charge in [0.15, 0.2) is 0 Å². The van der Waals surface area contributed by atoms with Gasteiger partial charge in [-0.3, -0.25) is 4.79 Å². The van der Waals surface area contributed by atoms with E-state index in [4.69, 9.17) is 0 Å². The van der Waals surface area contributed by atoms with Crippen molar-refractivity contribution >= 4 is 39.1 Å². The molecule has 2 aromatic heterocycles. The standard InChI is InChI=1S/C20H24N2OS2/c1-11-12(2)25-19-17(11)18(21-10-22-19)24-9-16(23)20-6-13-3-14(7-20)5-15(4-13)8-20/h10,13-15H,3-9H2,1-2H3. The molecule has 4 aliphatic carbocycles. The van der Waals surface area contributed by atoms with Crippen molar-refractivity contribution in [3.63, 3.8) is 0 Å². The Hall–Kier alpha value is -0.940. The highest BCUT2D eigenvalue weighted by atomic mass is 32.2. The zero-order chi connectivity index (χ0) is 17.2. The Morgan fingerprint density at radius 2 is 1.80 bits per heavy atom. The van der Waals surface area contributed by atoms with Crippen molar-refractivity contribution in [1.82, 2.24) is 9.97 Å². The van der Waals surface area contributed by atoms with Crippen LogP contribution in [-0.4, -0.2) is 21.5 Å². The summed E-state index contributed by atoms with van der Waals surface area (Å²) in [7, 11) is 0. The summed E-state index contributed by atoms with van der Waals surface area (Å²) in [6.07, 6.45) is 9.30. The topological polar surface area (TPSA) is 42.9 Å². The fourth-order valence-electron chi connectivity index (χ4n) is 6.00. The number of carbonyl (C=O) groups is 1. The van der Waals surface area contributed by atoms with E-state index in [0.29, 0.717) is 11.5 Å². The fourth-order valence-corrected chi connectivity index (χ4v) is 8.15. The second kappa shape index (κ2) is 5.78. The highest BCUT2D eigenvalue weighted by molar-refractivity contribution is 8.00. The first-order valence-electron chi connectivity index (χ1n) is 9.41. The number of thioether (sulfide) groups is 1. The number of hydrogen-bond donors (Lipinski definition) is 0. The monoisotopic (exact) mass is 372 g/mol. The van der Waals surface area contributed by atoms with E-state index in [-0.39, 0.29) is 5.41 Å². The number of aryl methyl sites for hydroxylation is 2. The van der Waals surface area contributed by atoms with E-state index in [1.165, 1.54) is 29.7 Å². The van der Waals surface area contributed by atoms with E-state index >= 15 is 0 Å². The third-order valence-corrected chi connectivity index (χ3v) is 9.01. The van der Waals surface area contributed by atoms with Gasteiger partial charge in [-0.1, -0.05) is 11.8 Å². The summed E-state index contributed by atoms with van der Waals surface area (Å²) in [6, 6.07) is 0. The minimum atomic E-state index is 0.00744. The number of thiophene rings is 1. The molecule has 0 aliphatic heterocycles. The first kappa shape index (κ1) is 16.2. The molecular formula is C20H24N2OS2. The first-order chi connectivity index (χ1) is 12.0. The average Bonchev–Trinajstić information content (AvgIpc) is 2.86. The lowest BCUT2D eigenvalue weighted by atomic mass is 9.48. The van der Waals surface area contributed by atoms with Crippen molar-refractivity contribution in [3.05, 3.63) is 16.8 Å². The third-order valence-electron chi connectivity index (χ3n) is 6.90. The summed E-state index contributed by atoms with van der Waals surface area (Å²) in [5.74, 6) is 3.55. The normalized spacial score (nSPS) is 33.3. The second-order valence-corrected chi connectivity index (χ2v) is 10.7. The van der Waals surface area contributed by atoms with Crippen LogP contribution in [0.25, 0.3) is 10.2 Å². The van der Waals surface area contributed by atoms with Gasteiger partial charge in [-0.05, 0) is 75.7 Å². The van der Waals surface area contributed by atoms with Crippen LogP contribution in [0.3, 0.4) is 0 Å². The number of hydrogen-bond acceptors (Lipinski definition) is 5. The largest absolute Gasteiger partial charge is 0.298 e. The van der Waals surface area contributed by atoms with Crippen molar-refractivity contribution in [2.75, 3.05) is 5.75 Å². The van der Waals surface area contributed by atoms with Crippen LogP contribution < -0.4 is 0 Å². The van der Waals surface area contributed by atoms with Crippen LogP contribution in [0, 0.1) is 37.0 Å². The lowest BCUT2D eigenvalue weighted by Gasteiger charge is -2.56. The van der Waals surface area contributed by atoms with E-state index in [9.17, 15) is 4.79 Å². The highest BCUT2D eigenvalue weighted by Gasteiger charge is 2.54. The predicted molar refractivity (Wildman–Crippen MR) is 103 cm³/mol. The molecular weight excluding hydrogens is 348 g/mol. The molecule has 0 saturated heterocycles. The first-order valence-corrected chi connectivity index (χ1v) is 11.2. The number of carbonyl (C=O) groups excluding carboxylic acids is 1. The fraction of sp³-hybridized carbons (Fsp3) is 0.650. The quantitative estimate of drug-likeness (QED) is 0.547. The number of nitrogens with zero attached hydrogens (tertiary/aromatic N) is 2. The molecule has 0 aromatic carbocycles. The summed E-state index contributed by atoms with van der Waals surface area (Å²) in [5, 5.41) is 2.15. The molecule has 132 valence electrons. The van der Waals surface area contributed by atoms with Gasteiger partial charge < -0.3 is 0 Å². The maximum atomic E-state index is 13.2. The van der Waals surface area contributed by atoms with Gasteiger partial charge in [-0.2, -0.15) is 0 Å². The molecule has 0 spiro atoms. The number of aromatic nitrogens is 2. The number of rotatable bonds is 4. The van der Waals surface area contributed by atoms with Gasteiger partial charge in [-0.25, -0.2) is 9.97 Å². The molecule has 2 aromatic rings. The van der Waals surface area contributed by atoms with E-state index in [0.717, 1.165) is 52.3 Å². The van der Waals surface area contributed by atoms with Crippen LogP contribution in [0.4, 0.5) is 0 Å². The third kappa shape index (κ3) is 2.57. The number of fused-ring (bicyclic) bond motifs is 1. The lowest BCUT2D eigenvalue weighted by molar-refractivity contribution is -0.141. The number of Topliss-reactive ketones (excluding diaryl/α,β-unsaturated/α-hetero) is 1. The maximum absolute atomic E-state index is 13.2. The van der Waals surface area contributed by atoms with E-state index in [1.807, 2.05) is 0 Å². The Balaban J connectivity index is 1.38.